The second-order valence-corrected chi connectivity index (χ2v) is 6.33. The monoisotopic (exact) mass is 338 g/mol. The van der Waals surface area contributed by atoms with Crippen molar-refractivity contribution in [1.82, 2.24) is 10.2 Å². The molecular formula is C19H31ClN2O. The molecule has 0 aliphatic carbocycles. The van der Waals surface area contributed by atoms with E-state index in [1.165, 1.54) is 12.0 Å². The third kappa shape index (κ3) is 6.15. The predicted octanol–water partition coefficient (Wildman–Crippen LogP) is 3.67. The van der Waals surface area contributed by atoms with Crippen LogP contribution in [-0.4, -0.2) is 36.5 Å². The highest BCUT2D eigenvalue weighted by Crippen LogP contribution is 2.18. The molecular weight excluding hydrogens is 308 g/mol. The molecule has 0 aromatic heterocycles. The van der Waals surface area contributed by atoms with Gasteiger partial charge >= 0.3 is 0 Å². The highest BCUT2D eigenvalue weighted by atomic mass is 35.5. The third-order valence-electron chi connectivity index (χ3n) is 4.82. The number of hydrogen-bond acceptors (Lipinski definition) is 2. The van der Waals surface area contributed by atoms with Crippen molar-refractivity contribution in [3.05, 3.63) is 35.9 Å². The summed E-state index contributed by atoms with van der Waals surface area (Å²) in [6.07, 6.45) is 4.93. The standard InChI is InChI=1S/C19H30N2O.ClH/c1-3-18(14-16-8-6-5-7-9-16)21(4-2)19(22)11-10-17-12-13-20-15-17;/h5-9,17-18,20H,3-4,10-15H2,1-2H3;1H. The van der Waals surface area contributed by atoms with Gasteiger partial charge in [-0.05, 0) is 57.2 Å². The molecule has 0 bridgehead atoms. The number of hydrogen-bond donors (Lipinski definition) is 1. The SMILES string of the molecule is CCC(Cc1ccccc1)N(CC)C(=O)CCC1CCNC1.Cl. The normalized spacial score (nSPS) is 18.3. The molecule has 1 heterocycles. The number of likely N-dealkylation sites (N-methyl/N-ethyl adjacent to an activating group) is 1. The molecule has 23 heavy (non-hydrogen) atoms. The minimum absolute atomic E-state index is 0. The first-order chi connectivity index (χ1) is 10.7. The molecule has 4 heteroatoms. The summed E-state index contributed by atoms with van der Waals surface area (Å²) in [5.74, 6) is 1.02. The van der Waals surface area contributed by atoms with Gasteiger partial charge in [0.15, 0.2) is 0 Å². The van der Waals surface area contributed by atoms with Crippen LogP contribution in [0, 0.1) is 5.92 Å². The highest BCUT2D eigenvalue weighted by Gasteiger charge is 2.23. The van der Waals surface area contributed by atoms with E-state index in [0.29, 0.717) is 24.3 Å². The molecule has 2 rings (SSSR count). The van der Waals surface area contributed by atoms with Crippen LogP contribution in [0.1, 0.15) is 45.1 Å². The van der Waals surface area contributed by atoms with Crippen LogP contribution in [0.25, 0.3) is 0 Å². The van der Waals surface area contributed by atoms with Gasteiger partial charge in [-0.15, -0.1) is 12.4 Å². The van der Waals surface area contributed by atoms with Gasteiger partial charge in [0, 0.05) is 19.0 Å². The van der Waals surface area contributed by atoms with Gasteiger partial charge in [-0.2, -0.15) is 0 Å². The lowest BCUT2D eigenvalue weighted by molar-refractivity contribution is -0.133. The van der Waals surface area contributed by atoms with Crippen LogP contribution in [-0.2, 0) is 11.2 Å². The molecule has 0 radical (unpaired) electrons. The fourth-order valence-corrected chi connectivity index (χ4v) is 3.43. The number of halogens is 1. The van der Waals surface area contributed by atoms with Crippen LogP contribution >= 0.6 is 12.4 Å². The van der Waals surface area contributed by atoms with Crippen molar-refractivity contribution in [3.63, 3.8) is 0 Å². The Kier molecular flexibility index (Phi) is 9.27. The molecule has 2 unspecified atom stereocenters. The Morgan fingerprint density at radius 1 is 1.30 bits per heavy atom. The number of nitrogens with zero attached hydrogens (tertiary/aromatic N) is 1. The molecule has 0 saturated carbocycles. The van der Waals surface area contributed by atoms with E-state index in [1.807, 2.05) is 6.07 Å². The number of benzene rings is 1. The zero-order valence-corrected chi connectivity index (χ0v) is 15.3. The summed E-state index contributed by atoms with van der Waals surface area (Å²) >= 11 is 0. The van der Waals surface area contributed by atoms with E-state index in [0.717, 1.165) is 38.9 Å². The lowest BCUT2D eigenvalue weighted by Gasteiger charge is -2.31. The maximum Gasteiger partial charge on any atom is 0.222 e. The van der Waals surface area contributed by atoms with E-state index in [-0.39, 0.29) is 12.4 Å². The maximum atomic E-state index is 12.6. The summed E-state index contributed by atoms with van der Waals surface area (Å²) < 4.78 is 0. The minimum Gasteiger partial charge on any atom is -0.340 e. The van der Waals surface area contributed by atoms with Crippen LogP contribution in [0.5, 0.6) is 0 Å². The van der Waals surface area contributed by atoms with Gasteiger partial charge in [-0.1, -0.05) is 37.3 Å². The van der Waals surface area contributed by atoms with Gasteiger partial charge < -0.3 is 10.2 Å². The van der Waals surface area contributed by atoms with E-state index in [1.54, 1.807) is 0 Å². The number of nitrogens with one attached hydrogen (secondary N) is 1. The van der Waals surface area contributed by atoms with Gasteiger partial charge in [-0.25, -0.2) is 0 Å². The highest BCUT2D eigenvalue weighted by molar-refractivity contribution is 5.85. The minimum atomic E-state index is 0. The molecule has 1 aromatic carbocycles. The molecule has 1 aliphatic rings. The van der Waals surface area contributed by atoms with Crippen molar-refractivity contribution in [2.45, 2.75) is 52.0 Å². The van der Waals surface area contributed by atoms with Gasteiger partial charge in [-0.3, -0.25) is 4.79 Å². The molecule has 0 spiro atoms. The van der Waals surface area contributed by atoms with Crippen molar-refractivity contribution < 1.29 is 4.79 Å². The van der Waals surface area contributed by atoms with Crippen LogP contribution in [0.3, 0.4) is 0 Å². The second-order valence-electron chi connectivity index (χ2n) is 6.33. The molecule has 1 fully saturated rings. The van der Waals surface area contributed by atoms with E-state index in [2.05, 4.69) is 48.3 Å². The van der Waals surface area contributed by atoms with Gasteiger partial charge in [0.25, 0.3) is 0 Å². The summed E-state index contributed by atoms with van der Waals surface area (Å²) in [7, 11) is 0. The lowest BCUT2D eigenvalue weighted by Crippen LogP contribution is -2.41. The Bertz CT molecular complexity index is 446. The first-order valence-corrected chi connectivity index (χ1v) is 8.78. The number of carbonyl (C=O) groups is 1. The van der Waals surface area contributed by atoms with Crippen LogP contribution in [0.2, 0.25) is 0 Å². The van der Waals surface area contributed by atoms with Gasteiger partial charge in [0.2, 0.25) is 5.91 Å². The van der Waals surface area contributed by atoms with Crippen LogP contribution < -0.4 is 5.32 Å². The Morgan fingerprint density at radius 2 is 2.04 bits per heavy atom. The Hall–Kier alpha value is -1.06. The lowest BCUT2D eigenvalue weighted by atomic mass is 9.99. The molecule has 1 aromatic rings. The summed E-state index contributed by atoms with van der Waals surface area (Å²) in [4.78, 5) is 14.7. The van der Waals surface area contributed by atoms with E-state index >= 15 is 0 Å². The van der Waals surface area contributed by atoms with E-state index in [4.69, 9.17) is 0 Å². The van der Waals surface area contributed by atoms with Crippen molar-refractivity contribution in [3.8, 4) is 0 Å². The molecule has 1 N–H and O–H groups in total. The van der Waals surface area contributed by atoms with Crippen molar-refractivity contribution in [1.29, 1.82) is 0 Å². The van der Waals surface area contributed by atoms with Gasteiger partial charge in [0.1, 0.15) is 0 Å². The van der Waals surface area contributed by atoms with E-state index in [9.17, 15) is 4.79 Å². The fourth-order valence-electron chi connectivity index (χ4n) is 3.43. The molecule has 130 valence electrons. The number of rotatable bonds is 8. The fraction of sp³-hybridized carbons (Fsp3) is 0.632. The van der Waals surface area contributed by atoms with Crippen molar-refractivity contribution >= 4 is 18.3 Å². The average molecular weight is 339 g/mol. The number of carbonyl (C=O) groups excluding carboxylic acids is 1. The average Bonchev–Trinajstić information content (AvgIpc) is 3.07. The predicted molar refractivity (Wildman–Crippen MR) is 99.1 cm³/mol. The quantitative estimate of drug-likeness (QED) is 0.784. The van der Waals surface area contributed by atoms with Crippen molar-refractivity contribution in [2.24, 2.45) is 5.92 Å². The molecule has 1 aliphatic heterocycles. The molecule has 3 nitrogen and oxygen atoms in total. The largest absolute Gasteiger partial charge is 0.340 e. The smallest absolute Gasteiger partial charge is 0.222 e. The maximum absolute atomic E-state index is 12.6. The first-order valence-electron chi connectivity index (χ1n) is 8.78. The van der Waals surface area contributed by atoms with E-state index < -0.39 is 0 Å². The second kappa shape index (κ2) is 10.7. The topological polar surface area (TPSA) is 32.3 Å². The van der Waals surface area contributed by atoms with Crippen molar-refractivity contribution in [2.75, 3.05) is 19.6 Å². The van der Waals surface area contributed by atoms with Crippen LogP contribution in [0.15, 0.2) is 30.3 Å². The summed E-state index contributed by atoms with van der Waals surface area (Å²) in [5.41, 5.74) is 1.32. The summed E-state index contributed by atoms with van der Waals surface area (Å²) in [6.45, 7) is 7.29. The zero-order chi connectivity index (χ0) is 15.8. The molecule has 1 amide bonds. The zero-order valence-electron chi connectivity index (χ0n) is 14.5. The first kappa shape index (κ1) is 20.0. The Labute approximate surface area is 147 Å². The summed E-state index contributed by atoms with van der Waals surface area (Å²) in [5, 5.41) is 3.38. The van der Waals surface area contributed by atoms with Crippen LogP contribution in [0.4, 0.5) is 0 Å². The summed E-state index contributed by atoms with van der Waals surface area (Å²) in [6, 6.07) is 10.8. The van der Waals surface area contributed by atoms with Gasteiger partial charge in [0.05, 0.1) is 0 Å². The number of amides is 1. The Morgan fingerprint density at radius 3 is 2.61 bits per heavy atom. The third-order valence-corrected chi connectivity index (χ3v) is 4.82. The molecule has 2 atom stereocenters. The molecule has 1 saturated heterocycles. The Balaban J connectivity index is 0.00000264.